The van der Waals surface area contributed by atoms with Crippen LogP contribution >= 0.6 is 0 Å². The average Bonchev–Trinajstić information content (AvgIpc) is 2.77. The molecule has 5 nitrogen and oxygen atoms in total. The van der Waals surface area contributed by atoms with Gasteiger partial charge < -0.3 is 20.1 Å². The molecule has 5 heteroatoms. The molecular weight excluding hydrogens is 220 g/mol. The van der Waals surface area contributed by atoms with Crippen molar-refractivity contribution in [1.29, 1.82) is 0 Å². The van der Waals surface area contributed by atoms with E-state index in [9.17, 15) is 9.90 Å². The Morgan fingerprint density at radius 1 is 1.35 bits per heavy atom. The van der Waals surface area contributed by atoms with Crippen LogP contribution in [0.1, 0.15) is 25.7 Å². The summed E-state index contributed by atoms with van der Waals surface area (Å²) in [5.41, 5.74) is 0. The Morgan fingerprint density at radius 2 is 2.12 bits per heavy atom. The van der Waals surface area contributed by atoms with E-state index in [4.69, 9.17) is 4.74 Å². The second kappa shape index (κ2) is 6.33. The van der Waals surface area contributed by atoms with Crippen molar-refractivity contribution in [1.82, 2.24) is 10.2 Å². The van der Waals surface area contributed by atoms with Gasteiger partial charge in [-0.2, -0.15) is 0 Å². The van der Waals surface area contributed by atoms with Crippen molar-refractivity contribution < 1.29 is 14.6 Å². The first kappa shape index (κ1) is 12.8. The van der Waals surface area contributed by atoms with Gasteiger partial charge in [0.2, 0.25) is 5.91 Å². The lowest BCUT2D eigenvalue weighted by molar-refractivity contribution is -0.132. The number of hydrogen-bond acceptors (Lipinski definition) is 4. The van der Waals surface area contributed by atoms with Crippen LogP contribution in [0.4, 0.5) is 0 Å². The Hall–Kier alpha value is -0.650. The molecule has 0 aromatic rings. The van der Waals surface area contributed by atoms with Crippen molar-refractivity contribution in [3.8, 4) is 0 Å². The number of piperidine rings is 1. The van der Waals surface area contributed by atoms with Crippen LogP contribution in [-0.2, 0) is 9.53 Å². The molecule has 2 aliphatic rings. The van der Waals surface area contributed by atoms with E-state index in [-0.39, 0.29) is 12.0 Å². The molecule has 2 heterocycles. The van der Waals surface area contributed by atoms with Gasteiger partial charge >= 0.3 is 0 Å². The van der Waals surface area contributed by atoms with E-state index in [1.165, 1.54) is 0 Å². The molecule has 0 unspecified atom stereocenters. The molecule has 0 bridgehead atoms. The smallest absolute Gasteiger partial charge is 0.224 e. The highest BCUT2D eigenvalue weighted by Gasteiger charge is 2.24. The number of hydrogen-bond donors (Lipinski definition) is 2. The molecule has 2 N–H and O–H groups in total. The van der Waals surface area contributed by atoms with E-state index in [0.29, 0.717) is 38.6 Å². The zero-order valence-corrected chi connectivity index (χ0v) is 10.2. The second-order valence-electron chi connectivity index (χ2n) is 4.85. The molecule has 0 saturated carbocycles. The summed E-state index contributed by atoms with van der Waals surface area (Å²) >= 11 is 0. The Kier molecular flexibility index (Phi) is 4.76. The highest BCUT2D eigenvalue weighted by Crippen LogP contribution is 2.11. The summed E-state index contributed by atoms with van der Waals surface area (Å²) in [7, 11) is 0. The van der Waals surface area contributed by atoms with E-state index in [2.05, 4.69) is 5.32 Å². The van der Waals surface area contributed by atoms with Gasteiger partial charge in [0.25, 0.3) is 0 Å². The number of amides is 1. The molecule has 0 spiro atoms. The summed E-state index contributed by atoms with van der Waals surface area (Å²) in [4.78, 5) is 13.5. The minimum absolute atomic E-state index is 0.107. The Morgan fingerprint density at radius 3 is 2.76 bits per heavy atom. The number of nitrogens with one attached hydrogen (secondary N) is 1. The fraction of sp³-hybridized carbons (Fsp3) is 0.917. The van der Waals surface area contributed by atoms with Crippen molar-refractivity contribution in [2.45, 2.75) is 37.9 Å². The van der Waals surface area contributed by atoms with Crippen LogP contribution in [0.25, 0.3) is 0 Å². The SMILES string of the molecule is O=C(CCOC1CCNCC1)N1CC[C@H](O)C1. The molecule has 17 heavy (non-hydrogen) atoms. The maximum atomic E-state index is 11.8. The van der Waals surface area contributed by atoms with E-state index in [1.54, 1.807) is 4.90 Å². The number of aliphatic hydroxyl groups is 1. The van der Waals surface area contributed by atoms with Gasteiger partial charge in [-0.25, -0.2) is 0 Å². The molecule has 2 fully saturated rings. The van der Waals surface area contributed by atoms with Crippen LogP contribution in [-0.4, -0.2) is 60.9 Å². The Labute approximate surface area is 102 Å². The van der Waals surface area contributed by atoms with Gasteiger partial charge in [-0.15, -0.1) is 0 Å². The third kappa shape index (κ3) is 3.94. The van der Waals surface area contributed by atoms with Crippen LogP contribution in [0.2, 0.25) is 0 Å². The quantitative estimate of drug-likeness (QED) is 0.713. The molecular formula is C12H22N2O3. The van der Waals surface area contributed by atoms with E-state index < -0.39 is 0 Å². The number of ether oxygens (including phenoxy) is 1. The van der Waals surface area contributed by atoms with Crippen molar-refractivity contribution in [2.24, 2.45) is 0 Å². The lowest BCUT2D eigenvalue weighted by Crippen LogP contribution is -2.34. The Bertz CT molecular complexity index is 254. The summed E-state index contributed by atoms with van der Waals surface area (Å²) in [6.45, 7) is 3.71. The van der Waals surface area contributed by atoms with Gasteiger partial charge in [0.1, 0.15) is 0 Å². The van der Waals surface area contributed by atoms with Gasteiger partial charge in [0, 0.05) is 13.1 Å². The fourth-order valence-electron chi connectivity index (χ4n) is 2.40. The number of nitrogens with zero attached hydrogens (tertiary/aromatic N) is 1. The minimum Gasteiger partial charge on any atom is -0.391 e. The van der Waals surface area contributed by atoms with E-state index in [0.717, 1.165) is 25.9 Å². The molecule has 2 rings (SSSR count). The zero-order chi connectivity index (χ0) is 12.1. The number of carbonyl (C=O) groups is 1. The first-order valence-corrected chi connectivity index (χ1v) is 6.54. The highest BCUT2D eigenvalue weighted by atomic mass is 16.5. The topological polar surface area (TPSA) is 61.8 Å². The molecule has 0 radical (unpaired) electrons. The predicted molar refractivity (Wildman–Crippen MR) is 63.7 cm³/mol. The minimum atomic E-state index is -0.329. The molecule has 0 aromatic heterocycles. The number of carbonyl (C=O) groups excluding carboxylic acids is 1. The van der Waals surface area contributed by atoms with Crippen LogP contribution < -0.4 is 5.32 Å². The number of likely N-dealkylation sites (tertiary alicyclic amines) is 1. The van der Waals surface area contributed by atoms with Crippen LogP contribution in [0.3, 0.4) is 0 Å². The normalized spacial score (nSPS) is 26.4. The molecule has 2 saturated heterocycles. The number of aliphatic hydroxyl groups excluding tert-OH is 1. The largest absolute Gasteiger partial charge is 0.391 e. The van der Waals surface area contributed by atoms with Crippen LogP contribution in [0, 0.1) is 0 Å². The van der Waals surface area contributed by atoms with Crippen LogP contribution in [0.15, 0.2) is 0 Å². The van der Waals surface area contributed by atoms with E-state index in [1.807, 2.05) is 0 Å². The van der Waals surface area contributed by atoms with Crippen molar-refractivity contribution >= 4 is 5.91 Å². The maximum absolute atomic E-state index is 11.8. The third-order valence-corrected chi connectivity index (χ3v) is 3.47. The van der Waals surface area contributed by atoms with Gasteiger partial charge in [0.05, 0.1) is 25.2 Å². The standard InChI is InChI=1S/C12H22N2O3/c15-10-3-7-14(9-10)12(16)4-8-17-11-1-5-13-6-2-11/h10-11,13,15H,1-9H2/t10-/m0/s1. The van der Waals surface area contributed by atoms with Gasteiger partial charge in [-0.05, 0) is 32.4 Å². The van der Waals surface area contributed by atoms with Crippen LogP contribution in [0.5, 0.6) is 0 Å². The molecule has 1 amide bonds. The maximum Gasteiger partial charge on any atom is 0.224 e. The number of rotatable bonds is 4. The summed E-state index contributed by atoms with van der Waals surface area (Å²) in [6, 6.07) is 0. The Balaban J connectivity index is 1.59. The van der Waals surface area contributed by atoms with Crippen molar-refractivity contribution in [3.63, 3.8) is 0 Å². The first-order valence-electron chi connectivity index (χ1n) is 6.54. The highest BCUT2D eigenvalue weighted by molar-refractivity contribution is 5.76. The predicted octanol–water partition coefficient (Wildman–Crippen LogP) is -0.262. The molecule has 98 valence electrons. The lowest BCUT2D eigenvalue weighted by Gasteiger charge is -2.23. The molecule has 1 atom stereocenters. The molecule has 0 aliphatic carbocycles. The fourth-order valence-corrected chi connectivity index (χ4v) is 2.40. The summed E-state index contributed by atoms with van der Waals surface area (Å²) in [5.74, 6) is 0.107. The second-order valence-corrected chi connectivity index (χ2v) is 4.85. The van der Waals surface area contributed by atoms with E-state index >= 15 is 0 Å². The summed E-state index contributed by atoms with van der Waals surface area (Å²) < 4.78 is 5.69. The first-order chi connectivity index (χ1) is 8.25. The summed E-state index contributed by atoms with van der Waals surface area (Å²) in [5, 5.41) is 12.6. The van der Waals surface area contributed by atoms with Gasteiger partial charge in [0.15, 0.2) is 0 Å². The summed E-state index contributed by atoms with van der Waals surface area (Å²) in [6.07, 6.45) is 3.21. The zero-order valence-electron chi connectivity index (χ0n) is 10.2. The molecule has 0 aromatic carbocycles. The van der Waals surface area contributed by atoms with Crippen molar-refractivity contribution in [3.05, 3.63) is 0 Å². The van der Waals surface area contributed by atoms with Crippen molar-refractivity contribution in [2.75, 3.05) is 32.8 Å². The molecule has 2 aliphatic heterocycles. The van der Waals surface area contributed by atoms with Gasteiger partial charge in [-0.1, -0.05) is 0 Å². The number of β-amino-alcohol motifs (C(OH)–C–C–N with tert-alkyl or cyclic N) is 1. The third-order valence-electron chi connectivity index (χ3n) is 3.47. The average molecular weight is 242 g/mol. The van der Waals surface area contributed by atoms with Gasteiger partial charge in [-0.3, -0.25) is 4.79 Å². The monoisotopic (exact) mass is 242 g/mol. The lowest BCUT2D eigenvalue weighted by atomic mass is 10.1.